The summed E-state index contributed by atoms with van der Waals surface area (Å²) >= 11 is 7.06. The predicted molar refractivity (Wildman–Crippen MR) is 140 cm³/mol. The molecule has 2 fully saturated rings. The minimum absolute atomic E-state index is 0.107. The van der Waals surface area contributed by atoms with Gasteiger partial charge in [-0.15, -0.1) is 0 Å². The Morgan fingerprint density at radius 3 is 2.22 bits per heavy atom. The molecule has 2 aliphatic heterocycles. The van der Waals surface area contributed by atoms with Crippen LogP contribution >= 0.6 is 23.4 Å². The van der Waals surface area contributed by atoms with Crippen molar-refractivity contribution in [3.8, 4) is 0 Å². The second-order valence-electron chi connectivity index (χ2n) is 8.54. The van der Waals surface area contributed by atoms with Gasteiger partial charge in [-0.3, -0.25) is 24.1 Å². The number of furan rings is 1. The summed E-state index contributed by atoms with van der Waals surface area (Å²) in [6, 6.07) is 17.3. The third-order valence-corrected chi connectivity index (χ3v) is 7.48. The highest BCUT2D eigenvalue weighted by Crippen LogP contribution is 2.34. The van der Waals surface area contributed by atoms with E-state index < -0.39 is 0 Å². The van der Waals surface area contributed by atoms with Crippen LogP contribution in [0, 0.1) is 0 Å². The Hall–Kier alpha value is -3.82. The van der Waals surface area contributed by atoms with E-state index in [1.54, 1.807) is 76.5 Å². The van der Waals surface area contributed by atoms with E-state index in [1.807, 2.05) is 0 Å². The maximum atomic E-state index is 13.0. The van der Waals surface area contributed by atoms with Crippen LogP contribution in [-0.2, 0) is 11.3 Å². The van der Waals surface area contributed by atoms with Crippen LogP contribution in [0.5, 0.6) is 0 Å². The Morgan fingerprint density at radius 1 is 0.892 bits per heavy atom. The van der Waals surface area contributed by atoms with Crippen molar-refractivity contribution in [3.63, 3.8) is 0 Å². The van der Waals surface area contributed by atoms with Crippen LogP contribution in [0.3, 0.4) is 0 Å². The minimum atomic E-state index is -0.378. The lowest BCUT2D eigenvalue weighted by atomic mass is 10.1. The van der Waals surface area contributed by atoms with Gasteiger partial charge in [-0.1, -0.05) is 41.9 Å². The van der Waals surface area contributed by atoms with Crippen LogP contribution in [0.1, 0.15) is 32.0 Å². The first-order valence-corrected chi connectivity index (χ1v) is 12.8. The molecule has 2 aromatic carbocycles. The smallest absolute Gasteiger partial charge is 0.293 e. The Kier molecular flexibility index (Phi) is 7.16. The predicted octanol–water partition coefficient (Wildman–Crippen LogP) is 4.77. The van der Waals surface area contributed by atoms with Crippen LogP contribution in [0.15, 0.2) is 76.2 Å². The molecule has 0 unspecified atom stereocenters. The number of thioether (sulfide) groups is 1. The summed E-state index contributed by atoms with van der Waals surface area (Å²) in [6.45, 7) is 1.80. The van der Waals surface area contributed by atoms with E-state index in [9.17, 15) is 19.2 Å². The molecule has 3 heterocycles. The molecule has 4 amide bonds. The van der Waals surface area contributed by atoms with E-state index in [0.717, 1.165) is 11.8 Å². The maximum Gasteiger partial charge on any atom is 0.293 e. The number of hydrogen-bond acceptors (Lipinski definition) is 6. The zero-order valence-electron chi connectivity index (χ0n) is 19.6. The first-order chi connectivity index (χ1) is 17.9. The van der Waals surface area contributed by atoms with Crippen molar-refractivity contribution in [2.75, 3.05) is 26.2 Å². The Balaban J connectivity index is 1.20. The summed E-state index contributed by atoms with van der Waals surface area (Å²) in [4.78, 5) is 55.6. The van der Waals surface area contributed by atoms with Crippen molar-refractivity contribution >= 4 is 52.4 Å². The third kappa shape index (κ3) is 5.33. The average molecular weight is 536 g/mol. The van der Waals surface area contributed by atoms with Gasteiger partial charge in [-0.05, 0) is 59.3 Å². The fourth-order valence-corrected chi connectivity index (χ4v) is 5.19. The number of piperazine rings is 1. The number of amides is 4. The van der Waals surface area contributed by atoms with Crippen molar-refractivity contribution in [1.82, 2.24) is 14.7 Å². The zero-order valence-corrected chi connectivity index (χ0v) is 21.2. The Labute approximate surface area is 222 Å². The van der Waals surface area contributed by atoms with Crippen LogP contribution in [-0.4, -0.2) is 63.8 Å². The van der Waals surface area contributed by atoms with Gasteiger partial charge in [0.15, 0.2) is 5.76 Å². The first-order valence-electron chi connectivity index (χ1n) is 11.6. The summed E-state index contributed by atoms with van der Waals surface area (Å²) < 4.78 is 5.17. The average Bonchev–Trinajstić information content (AvgIpc) is 3.54. The minimum Gasteiger partial charge on any atom is -0.459 e. The molecule has 0 N–H and O–H groups in total. The maximum absolute atomic E-state index is 13.0. The molecule has 0 bridgehead atoms. The van der Waals surface area contributed by atoms with Gasteiger partial charge in [0.05, 0.1) is 17.7 Å². The number of carbonyl (C=O) groups excluding carboxylic acids is 4. The van der Waals surface area contributed by atoms with Crippen molar-refractivity contribution in [1.29, 1.82) is 0 Å². The lowest BCUT2D eigenvalue weighted by Gasteiger charge is -2.34. The molecule has 37 heavy (non-hydrogen) atoms. The van der Waals surface area contributed by atoms with Gasteiger partial charge in [0.1, 0.15) is 0 Å². The first kappa shape index (κ1) is 24.9. The van der Waals surface area contributed by atoms with E-state index in [-0.39, 0.29) is 35.3 Å². The molecule has 5 rings (SSSR count). The second kappa shape index (κ2) is 10.7. The SMILES string of the molecule is O=C(c1ccc(/C=C2\SC(=O)N(Cc3ccccc3Cl)C2=O)cc1)N1CCN(C(=O)c2ccco2)CC1. The second-order valence-corrected chi connectivity index (χ2v) is 9.94. The zero-order chi connectivity index (χ0) is 25.9. The number of benzene rings is 2. The van der Waals surface area contributed by atoms with Crippen molar-refractivity contribution in [3.05, 3.63) is 99.3 Å². The van der Waals surface area contributed by atoms with E-state index in [0.29, 0.717) is 52.8 Å². The molecule has 2 saturated heterocycles. The van der Waals surface area contributed by atoms with E-state index in [1.165, 1.54) is 11.2 Å². The topological polar surface area (TPSA) is 91.1 Å². The highest BCUT2D eigenvalue weighted by molar-refractivity contribution is 8.18. The fraction of sp³-hybridized carbons (Fsp3) is 0.185. The molecule has 1 aromatic heterocycles. The largest absolute Gasteiger partial charge is 0.459 e. The summed E-state index contributed by atoms with van der Waals surface area (Å²) in [5.74, 6) is -0.399. The number of hydrogen-bond donors (Lipinski definition) is 0. The van der Waals surface area contributed by atoms with Gasteiger partial charge in [-0.2, -0.15) is 0 Å². The standard InChI is InChI=1S/C27H22ClN3O5S/c28-21-5-2-1-4-20(21)17-31-26(34)23(37-27(31)35)16-18-7-9-19(10-8-18)24(32)29-11-13-30(14-12-29)25(33)22-6-3-15-36-22/h1-10,15-16H,11-14,17H2/b23-16-. The van der Waals surface area contributed by atoms with Crippen LogP contribution in [0.25, 0.3) is 6.08 Å². The van der Waals surface area contributed by atoms with E-state index >= 15 is 0 Å². The molecular formula is C27H22ClN3O5S. The lowest BCUT2D eigenvalue weighted by Crippen LogP contribution is -2.50. The molecule has 0 aliphatic carbocycles. The van der Waals surface area contributed by atoms with Crippen molar-refractivity contribution in [2.45, 2.75) is 6.54 Å². The number of nitrogens with zero attached hydrogens (tertiary/aromatic N) is 3. The summed E-state index contributed by atoms with van der Waals surface area (Å²) in [7, 11) is 0. The summed E-state index contributed by atoms with van der Waals surface area (Å²) in [6.07, 6.45) is 3.10. The van der Waals surface area contributed by atoms with Gasteiger partial charge >= 0.3 is 0 Å². The Bertz CT molecular complexity index is 1380. The molecule has 8 nitrogen and oxygen atoms in total. The molecule has 2 aliphatic rings. The normalized spacial score (nSPS) is 17.1. The van der Waals surface area contributed by atoms with Crippen LogP contribution in [0.4, 0.5) is 4.79 Å². The summed E-state index contributed by atoms with van der Waals surface area (Å²) in [5.41, 5.74) is 1.91. The van der Waals surface area contributed by atoms with E-state index in [2.05, 4.69) is 0 Å². The molecule has 0 saturated carbocycles. The van der Waals surface area contributed by atoms with Gasteiger partial charge in [0, 0.05) is 36.8 Å². The van der Waals surface area contributed by atoms with Gasteiger partial charge < -0.3 is 14.2 Å². The number of imide groups is 1. The van der Waals surface area contributed by atoms with Crippen molar-refractivity contribution in [2.24, 2.45) is 0 Å². The number of rotatable bonds is 5. The molecule has 3 aromatic rings. The van der Waals surface area contributed by atoms with Gasteiger partial charge in [0.2, 0.25) is 0 Å². The fourth-order valence-electron chi connectivity index (χ4n) is 4.16. The molecule has 188 valence electrons. The molecule has 10 heteroatoms. The number of halogens is 1. The molecule has 0 radical (unpaired) electrons. The van der Waals surface area contributed by atoms with Gasteiger partial charge in [0.25, 0.3) is 23.0 Å². The summed E-state index contributed by atoms with van der Waals surface area (Å²) in [5, 5.41) is 0.143. The molecular weight excluding hydrogens is 514 g/mol. The third-order valence-electron chi connectivity index (χ3n) is 6.20. The van der Waals surface area contributed by atoms with E-state index in [4.69, 9.17) is 16.0 Å². The van der Waals surface area contributed by atoms with Gasteiger partial charge in [-0.25, -0.2) is 0 Å². The monoisotopic (exact) mass is 535 g/mol. The Morgan fingerprint density at radius 2 is 1.57 bits per heavy atom. The lowest BCUT2D eigenvalue weighted by molar-refractivity contribution is -0.123. The van der Waals surface area contributed by atoms with Crippen LogP contribution in [0.2, 0.25) is 5.02 Å². The van der Waals surface area contributed by atoms with Crippen LogP contribution < -0.4 is 0 Å². The molecule has 0 atom stereocenters. The molecule has 0 spiro atoms. The number of carbonyl (C=O) groups is 4. The highest BCUT2D eigenvalue weighted by atomic mass is 35.5. The van der Waals surface area contributed by atoms with Crippen molar-refractivity contribution < 1.29 is 23.6 Å². The highest BCUT2D eigenvalue weighted by Gasteiger charge is 2.35. The quantitative estimate of drug-likeness (QED) is 0.437.